The molecule has 0 aliphatic heterocycles. The number of rotatable bonds is 1. The van der Waals surface area contributed by atoms with Crippen molar-refractivity contribution >= 4 is 22.7 Å². The van der Waals surface area contributed by atoms with Crippen LogP contribution in [0.25, 0.3) is 10.6 Å². The molecule has 0 radical (unpaired) electrons. The van der Waals surface area contributed by atoms with E-state index in [-0.39, 0.29) is 0 Å². The fourth-order valence-electron chi connectivity index (χ4n) is 0.676. The van der Waals surface area contributed by atoms with Crippen molar-refractivity contribution in [3.63, 3.8) is 0 Å². The van der Waals surface area contributed by atoms with Gasteiger partial charge in [-0.05, 0) is 0 Å². The lowest BCUT2D eigenvalue weighted by atomic mass is 10.4. The molecule has 0 bridgehead atoms. The summed E-state index contributed by atoms with van der Waals surface area (Å²) in [6.07, 6.45) is 1.83. The molecule has 0 saturated heterocycles. The van der Waals surface area contributed by atoms with Crippen molar-refractivity contribution in [1.82, 2.24) is 9.97 Å². The molecule has 50 valence electrons. The smallest absolute Gasteiger partial charge is 0.0927 e. The molecule has 0 aliphatic carbocycles. The first-order valence-electron chi connectivity index (χ1n) is 2.74. The molecule has 0 aliphatic rings. The Hall–Kier alpha value is -0.740. The highest BCUT2D eigenvalue weighted by Gasteiger charge is 1.98. The van der Waals surface area contributed by atoms with E-state index in [0.717, 1.165) is 10.6 Å². The summed E-state index contributed by atoms with van der Waals surface area (Å²) in [5.41, 5.74) is 4.68. The van der Waals surface area contributed by atoms with Crippen LogP contribution < -0.4 is 0 Å². The summed E-state index contributed by atoms with van der Waals surface area (Å²) >= 11 is 3.22. The molecule has 0 saturated carbocycles. The molecule has 0 atom stereocenters. The second kappa shape index (κ2) is 2.48. The van der Waals surface area contributed by atoms with Gasteiger partial charge in [0.25, 0.3) is 0 Å². The summed E-state index contributed by atoms with van der Waals surface area (Å²) in [6.45, 7) is 0. The second-order valence-electron chi connectivity index (χ2n) is 1.74. The zero-order valence-corrected chi connectivity index (χ0v) is 6.65. The van der Waals surface area contributed by atoms with Crippen molar-refractivity contribution in [2.75, 3.05) is 0 Å². The Balaban J connectivity index is 2.48. The number of nitrogens with zero attached hydrogens (tertiary/aromatic N) is 2. The van der Waals surface area contributed by atoms with E-state index < -0.39 is 0 Å². The Morgan fingerprint density at radius 3 is 2.90 bits per heavy atom. The van der Waals surface area contributed by atoms with Crippen molar-refractivity contribution in [1.29, 1.82) is 0 Å². The third-order valence-corrected chi connectivity index (χ3v) is 2.50. The van der Waals surface area contributed by atoms with Crippen molar-refractivity contribution in [3.8, 4) is 10.6 Å². The molecule has 2 nitrogen and oxygen atoms in total. The van der Waals surface area contributed by atoms with Crippen molar-refractivity contribution < 1.29 is 0 Å². The summed E-state index contributed by atoms with van der Waals surface area (Å²) in [5, 5.41) is 2.02. The third-order valence-electron chi connectivity index (χ3n) is 1.12. The van der Waals surface area contributed by atoms with Gasteiger partial charge in [-0.15, -0.1) is 22.7 Å². The summed E-state index contributed by atoms with van der Waals surface area (Å²) in [6, 6.07) is 0. The van der Waals surface area contributed by atoms with E-state index in [4.69, 9.17) is 0 Å². The topological polar surface area (TPSA) is 25.8 Å². The monoisotopic (exact) mass is 168 g/mol. The van der Waals surface area contributed by atoms with Gasteiger partial charge in [0.15, 0.2) is 0 Å². The van der Waals surface area contributed by atoms with Crippen LogP contribution in [0, 0.1) is 0 Å². The highest BCUT2D eigenvalue weighted by Crippen LogP contribution is 2.21. The van der Waals surface area contributed by atoms with E-state index in [1.165, 1.54) is 0 Å². The largest absolute Gasteiger partial charge is 0.252 e. The average molecular weight is 168 g/mol. The molecule has 0 amide bonds. The van der Waals surface area contributed by atoms with E-state index >= 15 is 0 Å². The van der Waals surface area contributed by atoms with Crippen molar-refractivity contribution in [2.24, 2.45) is 0 Å². The SMILES string of the molecule is c1nc(-c2cncs2)cs1. The molecule has 2 aromatic heterocycles. The predicted molar refractivity (Wildman–Crippen MR) is 43.2 cm³/mol. The Morgan fingerprint density at radius 1 is 1.30 bits per heavy atom. The van der Waals surface area contributed by atoms with Crippen LogP contribution >= 0.6 is 22.7 Å². The quantitative estimate of drug-likeness (QED) is 0.652. The lowest BCUT2D eigenvalue weighted by Crippen LogP contribution is -1.66. The summed E-state index contributed by atoms with van der Waals surface area (Å²) in [7, 11) is 0. The van der Waals surface area contributed by atoms with Gasteiger partial charge >= 0.3 is 0 Å². The zero-order valence-electron chi connectivity index (χ0n) is 5.02. The Kier molecular flexibility index (Phi) is 1.49. The summed E-state index contributed by atoms with van der Waals surface area (Å²) in [5.74, 6) is 0. The molecule has 0 aromatic carbocycles. The van der Waals surface area contributed by atoms with Crippen LogP contribution in [-0.4, -0.2) is 9.97 Å². The first kappa shape index (κ1) is 6.00. The van der Waals surface area contributed by atoms with Crippen LogP contribution in [-0.2, 0) is 0 Å². The van der Waals surface area contributed by atoms with Crippen molar-refractivity contribution in [2.45, 2.75) is 0 Å². The molecule has 0 unspecified atom stereocenters. The van der Waals surface area contributed by atoms with Crippen LogP contribution in [0.5, 0.6) is 0 Å². The first-order valence-corrected chi connectivity index (χ1v) is 4.56. The molecule has 0 spiro atoms. The van der Waals surface area contributed by atoms with Crippen molar-refractivity contribution in [3.05, 3.63) is 22.6 Å². The van der Waals surface area contributed by atoms with Gasteiger partial charge in [0.05, 0.1) is 21.6 Å². The summed E-state index contributed by atoms with van der Waals surface area (Å²) in [4.78, 5) is 9.25. The van der Waals surface area contributed by atoms with Gasteiger partial charge in [0, 0.05) is 11.6 Å². The van der Waals surface area contributed by atoms with Crippen LogP contribution in [0.1, 0.15) is 0 Å². The molecule has 2 rings (SSSR count). The second-order valence-corrected chi connectivity index (χ2v) is 3.34. The maximum absolute atomic E-state index is 4.15. The lowest BCUT2D eigenvalue weighted by molar-refractivity contribution is 1.39. The fraction of sp³-hybridized carbons (Fsp3) is 0. The average Bonchev–Trinajstić information content (AvgIpc) is 2.59. The van der Waals surface area contributed by atoms with Gasteiger partial charge in [0.1, 0.15) is 0 Å². The van der Waals surface area contributed by atoms with Gasteiger partial charge in [-0.3, -0.25) is 4.98 Å². The van der Waals surface area contributed by atoms with E-state index in [9.17, 15) is 0 Å². The van der Waals surface area contributed by atoms with Crippen LogP contribution in [0.2, 0.25) is 0 Å². The van der Waals surface area contributed by atoms with E-state index in [1.807, 2.05) is 22.6 Å². The van der Waals surface area contributed by atoms with Crippen LogP contribution in [0.15, 0.2) is 22.6 Å². The van der Waals surface area contributed by atoms with Gasteiger partial charge < -0.3 is 0 Å². The first-order chi connectivity index (χ1) is 4.97. The highest BCUT2D eigenvalue weighted by molar-refractivity contribution is 7.13. The molecule has 0 fully saturated rings. The summed E-state index contributed by atoms with van der Waals surface area (Å²) < 4.78 is 0. The highest BCUT2D eigenvalue weighted by atomic mass is 32.1. The van der Waals surface area contributed by atoms with Crippen LogP contribution in [0.4, 0.5) is 0 Å². The van der Waals surface area contributed by atoms with E-state index in [1.54, 1.807) is 22.7 Å². The van der Waals surface area contributed by atoms with Gasteiger partial charge in [-0.25, -0.2) is 4.98 Å². The Morgan fingerprint density at radius 2 is 2.30 bits per heavy atom. The number of thiazole rings is 2. The van der Waals surface area contributed by atoms with Gasteiger partial charge in [-0.1, -0.05) is 0 Å². The Bertz CT molecular complexity index is 253. The number of hydrogen-bond donors (Lipinski definition) is 0. The lowest BCUT2D eigenvalue weighted by Gasteiger charge is -1.82. The fourth-order valence-corrected chi connectivity index (χ4v) is 1.89. The van der Waals surface area contributed by atoms with E-state index in [0.29, 0.717) is 0 Å². The van der Waals surface area contributed by atoms with Gasteiger partial charge in [0.2, 0.25) is 0 Å². The minimum Gasteiger partial charge on any atom is -0.252 e. The zero-order chi connectivity index (χ0) is 6.81. The van der Waals surface area contributed by atoms with Gasteiger partial charge in [-0.2, -0.15) is 0 Å². The molecular formula is C6H4N2S2. The Labute approximate surface area is 66.2 Å². The normalized spacial score (nSPS) is 10.0. The standard InChI is InChI=1S/C6H4N2S2/c1-6(10-3-7-1)5-2-9-4-8-5/h1-4H. The van der Waals surface area contributed by atoms with E-state index in [2.05, 4.69) is 9.97 Å². The van der Waals surface area contributed by atoms with Crippen LogP contribution in [0.3, 0.4) is 0 Å². The predicted octanol–water partition coefficient (Wildman–Crippen LogP) is 2.27. The minimum absolute atomic E-state index is 1.03. The molecule has 4 heteroatoms. The molecular weight excluding hydrogens is 164 g/mol. The molecule has 0 N–H and O–H groups in total. The molecule has 2 aromatic rings. The number of aromatic nitrogens is 2. The minimum atomic E-state index is 1.03. The molecule has 2 heterocycles. The maximum atomic E-state index is 4.15. The molecule has 10 heavy (non-hydrogen) atoms. The maximum Gasteiger partial charge on any atom is 0.0927 e. The number of hydrogen-bond acceptors (Lipinski definition) is 4. The third kappa shape index (κ3) is 0.955.